The minimum absolute atomic E-state index is 0.0642. The normalized spacial score (nSPS) is 50.0. The zero-order valence-electron chi connectivity index (χ0n) is 7.81. The van der Waals surface area contributed by atoms with Gasteiger partial charge in [0.1, 0.15) is 0 Å². The lowest BCUT2D eigenvalue weighted by molar-refractivity contribution is 0.0178. The van der Waals surface area contributed by atoms with Crippen LogP contribution >= 0.6 is 15.9 Å². The SMILES string of the molecule is CC1(C)[C@@H]2CC[C@@]1(CBr)[C@@H](O)C2. The lowest BCUT2D eigenvalue weighted by Crippen LogP contribution is -2.40. The highest BCUT2D eigenvalue weighted by molar-refractivity contribution is 9.09. The summed E-state index contributed by atoms with van der Waals surface area (Å²) in [5.74, 6) is 0.755. The average Bonchev–Trinajstić information content (AvgIpc) is 2.36. The summed E-state index contributed by atoms with van der Waals surface area (Å²) in [7, 11) is 0. The Morgan fingerprint density at radius 1 is 1.50 bits per heavy atom. The number of aliphatic hydroxyl groups excluding tert-OH is 1. The van der Waals surface area contributed by atoms with Crippen LogP contribution in [0.4, 0.5) is 0 Å². The van der Waals surface area contributed by atoms with Gasteiger partial charge in [-0.25, -0.2) is 0 Å². The van der Waals surface area contributed by atoms with Crippen molar-refractivity contribution in [2.24, 2.45) is 16.7 Å². The van der Waals surface area contributed by atoms with Crippen molar-refractivity contribution in [2.75, 3.05) is 5.33 Å². The van der Waals surface area contributed by atoms with Crippen molar-refractivity contribution in [1.29, 1.82) is 0 Å². The van der Waals surface area contributed by atoms with E-state index in [-0.39, 0.29) is 11.5 Å². The largest absolute Gasteiger partial charge is 0.392 e. The third-order valence-electron chi connectivity index (χ3n) is 4.63. The maximum Gasteiger partial charge on any atom is 0.0612 e. The summed E-state index contributed by atoms with van der Waals surface area (Å²) >= 11 is 3.58. The molecule has 0 heterocycles. The standard InChI is InChI=1S/C10H17BrO/c1-9(2)7-3-4-10(9,6-11)8(12)5-7/h7-8,12H,3-6H2,1-2H3/t7-,8+,10-/m1/s1. The minimum Gasteiger partial charge on any atom is -0.392 e. The molecule has 0 radical (unpaired) electrons. The average molecular weight is 233 g/mol. The number of rotatable bonds is 1. The van der Waals surface area contributed by atoms with Crippen LogP contribution in [0.3, 0.4) is 0 Å². The summed E-state index contributed by atoms with van der Waals surface area (Å²) in [5.41, 5.74) is 0.521. The highest BCUT2D eigenvalue weighted by Gasteiger charge is 2.62. The second kappa shape index (κ2) is 2.48. The van der Waals surface area contributed by atoms with Gasteiger partial charge in [-0.2, -0.15) is 0 Å². The van der Waals surface area contributed by atoms with Crippen LogP contribution in [0.5, 0.6) is 0 Å². The van der Waals surface area contributed by atoms with Gasteiger partial charge in [-0.3, -0.25) is 0 Å². The topological polar surface area (TPSA) is 20.2 Å². The van der Waals surface area contributed by atoms with Gasteiger partial charge in [-0.15, -0.1) is 0 Å². The van der Waals surface area contributed by atoms with Gasteiger partial charge in [0.2, 0.25) is 0 Å². The van der Waals surface area contributed by atoms with Crippen LogP contribution in [0.2, 0.25) is 0 Å². The summed E-state index contributed by atoms with van der Waals surface area (Å²) in [4.78, 5) is 0. The number of alkyl halides is 1. The number of fused-ring (bicyclic) bond motifs is 2. The number of halogens is 1. The monoisotopic (exact) mass is 232 g/mol. The zero-order chi connectivity index (χ0) is 8.98. The van der Waals surface area contributed by atoms with E-state index in [2.05, 4.69) is 29.8 Å². The highest BCUT2D eigenvalue weighted by Crippen LogP contribution is 2.66. The molecule has 70 valence electrons. The molecular weight excluding hydrogens is 216 g/mol. The fourth-order valence-electron chi connectivity index (χ4n) is 3.35. The molecule has 0 spiro atoms. The molecular formula is C10H17BrO. The number of hydrogen-bond donors (Lipinski definition) is 1. The van der Waals surface area contributed by atoms with E-state index in [4.69, 9.17) is 0 Å². The van der Waals surface area contributed by atoms with E-state index in [1.807, 2.05) is 0 Å². The van der Waals surface area contributed by atoms with Crippen molar-refractivity contribution in [3.63, 3.8) is 0 Å². The fourth-order valence-corrected chi connectivity index (χ4v) is 4.73. The first-order chi connectivity index (χ1) is 5.54. The molecule has 2 bridgehead atoms. The van der Waals surface area contributed by atoms with Crippen LogP contribution in [-0.4, -0.2) is 16.5 Å². The molecule has 1 nitrogen and oxygen atoms in total. The van der Waals surface area contributed by atoms with Crippen LogP contribution in [-0.2, 0) is 0 Å². The molecule has 0 unspecified atom stereocenters. The van der Waals surface area contributed by atoms with Gasteiger partial charge < -0.3 is 5.11 Å². The van der Waals surface area contributed by atoms with Crippen molar-refractivity contribution in [1.82, 2.24) is 0 Å². The summed E-state index contributed by atoms with van der Waals surface area (Å²) in [5, 5.41) is 10.9. The molecule has 3 atom stereocenters. The molecule has 2 aliphatic rings. The molecule has 2 aliphatic carbocycles. The summed E-state index contributed by atoms with van der Waals surface area (Å²) in [6.45, 7) is 4.64. The van der Waals surface area contributed by atoms with E-state index < -0.39 is 0 Å². The van der Waals surface area contributed by atoms with E-state index in [0.29, 0.717) is 5.41 Å². The smallest absolute Gasteiger partial charge is 0.0612 e. The molecule has 2 saturated carbocycles. The predicted octanol–water partition coefficient (Wildman–Crippen LogP) is 2.57. The molecule has 12 heavy (non-hydrogen) atoms. The third-order valence-corrected chi connectivity index (χ3v) is 5.63. The van der Waals surface area contributed by atoms with E-state index in [0.717, 1.165) is 17.7 Å². The second-order valence-corrected chi connectivity index (χ2v) is 5.56. The van der Waals surface area contributed by atoms with Crippen LogP contribution in [0.25, 0.3) is 0 Å². The van der Waals surface area contributed by atoms with Gasteiger partial charge in [-0.05, 0) is 30.6 Å². The molecule has 0 aliphatic heterocycles. The Balaban J connectivity index is 2.39. The first-order valence-corrected chi connectivity index (χ1v) is 5.91. The van der Waals surface area contributed by atoms with Crippen molar-refractivity contribution in [3.8, 4) is 0 Å². The first-order valence-electron chi connectivity index (χ1n) is 4.78. The predicted molar refractivity (Wildman–Crippen MR) is 53.4 cm³/mol. The lowest BCUT2D eigenvalue weighted by atomic mass is 9.70. The Morgan fingerprint density at radius 3 is 2.42 bits per heavy atom. The molecule has 0 aromatic carbocycles. The Hall–Kier alpha value is 0.440. The molecule has 0 saturated heterocycles. The van der Waals surface area contributed by atoms with Crippen LogP contribution in [0.1, 0.15) is 33.1 Å². The molecule has 0 aromatic heterocycles. The maximum atomic E-state index is 9.98. The van der Waals surface area contributed by atoms with Crippen LogP contribution in [0.15, 0.2) is 0 Å². The van der Waals surface area contributed by atoms with Gasteiger partial charge in [0.15, 0.2) is 0 Å². The molecule has 0 aromatic rings. The fraction of sp³-hybridized carbons (Fsp3) is 1.00. The van der Waals surface area contributed by atoms with E-state index >= 15 is 0 Å². The van der Waals surface area contributed by atoms with Gasteiger partial charge in [-0.1, -0.05) is 29.8 Å². The van der Waals surface area contributed by atoms with Gasteiger partial charge in [0.05, 0.1) is 6.10 Å². The molecule has 2 rings (SSSR count). The zero-order valence-corrected chi connectivity index (χ0v) is 9.39. The Morgan fingerprint density at radius 2 is 2.17 bits per heavy atom. The summed E-state index contributed by atoms with van der Waals surface area (Å²) in [6, 6.07) is 0. The molecule has 2 fully saturated rings. The first kappa shape index (κ1) is 9.01. The molecule has 2 heteroatoms. The van der Waals surface area contributed by atoms with Crippen molar-refractivity contribution >= 4 is 15.9 Å². The molecule has 0 amide bonds. The second-order valence-electron chi connectivity index (χ2n) is 5.00. The Kier molecular flexibility index (Phi) is 1.86. The van der Waals surface area contributed by atoms with Crippen molar-refractivity contribution < 1.29 is 5.11 Å². The maximum absolute atomic E-state index is 9.98. The van der Waals surface area contributed by atoms with E-state index in [1.165, 1.54) is 12.8 Å². The number of aliphatic hydroxyl groups is 1. The lowest BCUT2D eigenvalue weighted by Gasteiger charge is -2.38. The van der Waals surface area contributed by atoms with Gasteiger partial charge in [0.25, 0.3) is 0 Å². The minimum atomic E-state index is -0.0642. The number of hydrogen-bond acceptors (Lipinski definition) is 1. The molecule has 1 N–H and O–H groups in total. The van der Waals surface area contributed by atoms with Gasteiger partial charge in [0, 0.05) is 10.7 Å². The van der Waals surface area contributed by atoms with Crippen LogP contribution in [0, 0.1) is 16.7 Å². The Bertz CT molecular complexity index is 202. The van der Waals surface area contributed by atoms with E-state index in [1.54, 1.807) is 0 Å². The quantitative estimate of drug-likeness (QED) is 0.690. The summed E-state index contributed by atoms with van der Waals surface area (Å²) < 4.78 is 0. The summed E-state index contributed by atoms with van der Waals surface area (Å²) in [6.07, 6.45) is 3.48. The van der Waals surface area contributed by atoms with E-state index in [9.17, 15) is 5.11 Å². The van der Waals surface area contributed by atoms with Crippen molar-refractivity contribution in [2.45, 2.75) is 39.2 Å². The highest BCUT2D eigenvalue weighted by atomic mass is 79.9. The third kappa shape index (κ3) is 0.784. The van der Waals surface area contributed by atoms with Crippen molar-refractivity contribution in [3.05, 3.63) is 0 Å². The van der Waals surface area contributed by atoms with Gasteiger partial charge >= 0.3 is 0 Å². The van der Waals surface area contributed by atoms with Crippen LogP contribution < -0.4 is 0 Å². The Labute approximate surface area is 82.7 Å².